The first-order valence-electron chi connectivity index (χ1n) is 7.30. The Labute approximate surface area is 149 Å². The van der Waals surface area contributed by atoms with Crippen LogP contribution in [-0.4, -0.2) is 0 Å². The van der Waals surface area contributed by atoms with Gasteiger partial charge in [-0.2, -0.15) is 0 Å². The molecule has 1 aromatic heterocycles. The van der Waals surface area contributed by atoms with E-state index in [2.05, 4.69) is 26.6 Å². The van der Waals surface area contributed by atoms with Crippen molar-refractivity contribution in [2.24, 2.45) is 0 Å². The minimum absolute atomic E-state index is 0.519. The van der Waals surface area contributed by atoms with Crippen LogP contribution in [0.5, 0.6) is 5.75 Å². The number of halogens is 2. The molecule has 3 rings (SSSR count). The van der Waals surface area contributed by atoms with Crippen LogP contribution in [0.15, 0.2) is 77.5 Å². The van der Waals surface area contributed by atoms with E-state index in [0.717, 1.165) is 32.9 Å². The van der Waals surface area contributed by atoms with E-state index < -0.39 is 0 Å². The molecule has 0 saturated heterocycles. The number of aromatic nitrogens is 1. The highest BCUT2D eigenvalue weighted by molar-refractivity contribution is 9.10. The van der Waals surface area contributed by atoms with Crippen LogP contribution in [0.3, 0.4) is 0 Å². The second-order valence-corrected chi connectivity index (χ2v) is 6.57. The molecule has 0 amide bonds. The fourth-order valence-electron chi connectivity index (χ4n) is 2.29. The standard InChI is InChI=1S/C19H16BrClNO/c20-17-6-9-19(23-14-15-4-7-18(21)8-5-15)16(12-17)13-22-10-2-1-3-11-22/h1-12H,13-14H2/q+1. The molecule has 0 spiro atoms. The zero-order valence-corrected chi connectivity index (χ0v) is 14.8. The third kappa shape index (κ3) is 4.57. The highest BCUT2D eigenvalue weighted by Crippen LogP contribution is 2.24. The molecule has 0 atom stereocenters. The number of hydrogen-bond acceptors (Lipinski definition) is 1. The van der Waals surface area contributed by atoms with Gasteiger partial charge in [-0.05, 0) is 35.9 Å². The monoisotopic (exact) mass is 388 g/mol. The van der Waals surface area contributed by atoms with Gasteiger partial charge in [0.05, 0.1) is 5.56 Å². The highest BCUT2D eigenvalue weighted by atomic mass is 79.9. The first-order valence-corrected chi connectivity index (χ1v) is 8.47. The molecule has 116 valence electrons. The zero-order valence-electron chi connectivity index (χ0n) is 12.5. The molecular formula is C19H16BrClNO+. The highest BCUT2D eigenvalue weighted by Gasteiger charge is 2.10. The van der Waals surface area contributed by atoms with Gasteiger partial charge in [-0.15, -0.1) is 0 Å². The molecule has 0 aliphatic rings. The van der Waals surface area contributed by atoms with E-state index in [4.69, 9.17) is 16.3 Å². The van der Waals surface area contributed by atoms with Crippen molar-refractivity contribution in [1.29, 1.82) is 0 Å². The van der Waals surface area contributed by atoms with Crippen molar-refractivity contribution >= 4 is 27.5 Å². The molecule has 4 heteroatoms. The number of hydrogen-bond donors (Lipinski definition) is 0. The summed E-state index contributed by atoms with van der Waals surface area (Å²) in [5.41, 5.74) is 2.22. The first kappa shape index (κ1) is 16.0. The maximum Gasteiger partial charge on any atom is 0.177 e. The van der Waals surface area contributed by atoms with Crippen LogP contribution in [-0.2, 0) is 13.2 Å². The number of benzene rings is 2. The van der Waals surface area contributed by atoms with Crippen molar-refractivity contribution < 1.29 is 9.30 Å². The van der Waals surface area contributed by atoms with Crippen LogP contribution in [0.2, 0.25) is 5.02 Å². The quantitative estimate of drug-likeness (QED) is 0.559. The third-order valence-corrected chi connectivity index (χ3v) is 4.21. The Bertz CT molecular complexity index is 775. The third-order valence-electron chi connectivity index (χ3n) is 3.46. The van der Waals surface area contributed by atoms with Crippen molar-refractivity contribution in [3.05, 3.63) is 93.7 Å². The van der Waals surface area contributed by atoms with Gasteiger partial charge < -0.3 is 4.74 Å². The number of ether oxygens (including phenoxy) is 1. The SMILES string of the molecule is Clc1ccc(COc2ccc(Br)cc2C[n+]2ccccc2)cc1. The Morgan fingerprint density at radius 2 is 1.70 bits per heavy atom. The lowest BCUT2D eigenvalue weighted by atomic mass is 10.2. The van der Waals surface area contributed by atoms with Crippen LogP contribution in [0.1, 0.15) is 11.1 Å². The van der Waals surface area contributed by atoms with E-state index >= 15 is 0 Å². The molecule has 3 aromatic rings. The van der Waals surface area contributed by atoms with Crippen molar-refractivity contribution in [3.63, 3.8) is 0 Å². The Morgan fingerprint density at radius 3 is 2.43 bits per heavy atom. The Kier molecular flexibility index (Phi) is 5.31. The summed E-state index contributed by atoms with van der Waals surface area (Å²) in [5.74, 6) is 0.888. The van der Waals surface area contributed by atoms with Crippen molar-refractivity contribution in [3.8, 4) is 5.75 Å². The van der Waals surface area contributed by atoms with Crippen LogP contribution in [0, 0.1) is 0 Å². The molecule has 0 radical (unpaired) electrons. The Balaban J connectivity index is 1.77. The van der Waals surface area contributed by atoms with Gasteiger partial charge in [0.1, 0.15) is 12.4 Å². The maximum atomic E-state index is 6.01. The van der Waals surface area contributed by atoms with E-state index in [0.29, 0.717) is 6.61 Å². The predicted molar refractivity (Wildman–Crippen MR) is 95.7 cm³/mol. The molecule has 0 N–H and O–H groups in total. The number of nitrogens with zero attached hydrogens (tertiary/aromatic N) is 1. The van der Waals surface area contributed by atoms with Crippen molar-refractivity contribution in [2.75, 3.05) is 0 Å². The summed E-state index contributed by atoms with van der Waals surface area (Å²) in [6, 6.07) is 19.9. The molecule has 2 nitrogen and oxygen atoms in total. The molecule has 0 saturated carbocycles. The number of rotatable bonds is 5. The predicted octanol–water partition coefficient (Wildman–Crippen LogP) is 5.02. The minimum atomic E-state index is 0.519. The molecule has 0 aliphatic carbocycles. The molecule has 1 heterocycles. The van der Waals surface area contributed by atoms with Gasteiger partial charge in [0.25, 0.3) is 0 Å². The molecule has 0 bridgehead atoms. The topological polar surface area (TPSA) is 13.1 Å². The summed E-state index contributed by atoms with van der Waals surface area (Å²) in [5, 5.41) is 0.735. The van der Waals surface area contributed by atoms with Crippen LogP contribution >= 0.6 is 27.5 Å². The molecule has 0 aliphatic heterocycles. The normalized spacial score (nSPS) is 10.5. The van der Waals surface area contributed by atoms with Crippen LogP contribution < -0.4 is 9.30 Å². The number of pyridine rings is 1. The van der Waals surface area contributed by atoms with E-state index in [-0.39, 0.29) is 0 Å². The van der Waals surface area contributed by atoms with Gasteiger partial charge in [-0.1, -0.05) is 45.7 Å². The van der Waals surface area contributed by atoms with Gasteiger partial charge in [-0.3, -0.25) is 0 Å². The van der Waals surface area contributed by atoms with Gasteiger partial charge >= 0.3 is 0 Å². The van der Waals surface area contributed by atoms with Gasteiger partial charge in [-0.25, -0.2) is 4.57 Å². The van der Waals surface area contributed by atoms with Crippen LogP contribution in [0.4, 0.5) is 0 Å². The lowest BCUT2D eigenvalue weighted by molar-refractivity contribution is -0.688. The fourth-order valence-corrected chi connectivity index (χ4v) is 2.83. The molecular weight excluding hydrogens is 374 g/mol. The second-order valence-electron chi connectivity index (χ2n) is 5.22. The average molecular weight is 390 g/mol. The maximum absolute atomic E-state index is 6.01. The zero-order chi connectivity index (χ0) is 16.1. The van der Waals surface area contributed by atoms with E-state index in [9.17, 15) is 0 Å². The summed E-state index contributed by atoms with van der Waals surface area (Å²) in [6.45, 7) is 1.28. The van der Waals surface area contributed by atoms with Gasteiger partial charge in [0.15, 0.2) is 18.9 Å². The van der Waals surface area contributed by atoms with E-state index in [1.54, 1.807) is 0 Å². The molecule has 2 aromatic carbocycles. The average Bonchev–Trinajstić information content (AvgIpc) is 2.57. The smallest absolute Gasteiger partial charge is 0.177 e. The van der Waals surface area contributed by atoms with E-state index in [1.165, 1.54) is 0 Å². The Hall–Kier alpha value is -1.84. The molecule has 23 heavy (non-hydrogen) atoms. The second kappa shape index (κ2) is 7.62. The lowest BCUT2D eigenvalue weighted by Gasteiger charge is -2.11. The van der Waals surface area contributed by atoms with Gasteiger partial charge in [0.2, 0.25) is 0 Å². The van der Waals surface area contributed by atoms with E-state index in [1.807, 2.05) is 67.0 Å². The summed E-state index contributed by atoms with van der Waals surface area (Å²) in [7, 11) is 0. The van der Waals surface area contributed by atoms with Crippen molar-refractivity contribution in [1.82, 2.24) is 0 Å². The largest absolute Gasteiger partial charge is 0.488 e. The summed E-state index contributed by atoms with van der Waals surface area (Å²) >= 11 is 9.45. The first-order chi connectivity index (χ1) is 11.2. The lowest BCUT2D eigenvalue weighted by Crippen LogP contribution is -2.33. The molecule has 0 fully saturated rings. The fraction of sp³-hybridized carbons (Fsp3) is 0.105. The minimum Gasteiger partial charge on any atom is -0.488 e. The molecule has 0 unspecified atom stereocenters. The van der Waals surface area contributed by atoms with Crippen molar-refractivity contribution in [2.45, 2.75) is 13.2 Å². The summed E-state index contributed by atoms with van der Waals surface area (Å²) in [4.78, 5) is 0. The summed E-state index contributed by atoms with van der Waals surface area (Å²) in [6.07, 6.45) is 4.09. The summed E-state index contributed by atoms with van der Waals surface area (Å²) < 4.78 is 9.18. The van der Waals surface area contributed by atoms with Gasteiger partial charge in [0, 0.05) is 21.6 Å². The van der Waals surface area contributed by atoms with Crippen LogP contribution in [0.25, 0.3) is 0 Å². The Morgan fingerprint density at radius 1 is 0.957 bits per heavy atom.